The summed E-state index contributed by atoms with van der Waals surface area (Å²) >= 11 is 0. The van der Waals surface area contributed by atoms with Gasteiger partial charge in [0.1, 0.15) is 29.4 Å². The Balaban J connectivity index is 2.21. The van der Waals surface area contributed by atoms with E-state index >= 15 is 0 Å². The average Bonchev–Trinajstić information content (AvgIpc) is 2.78. The second-order valence-electron chi connectivity index (χ2n) is 8.90. The molecule has 0 fully saturated rings. The van der Waals surface area contributed by atoms with Crippen LogP contribution in [0.5, 0.6) is 0 Å². The van der Waals surface area contributed by atoms with Gasteiger partial charge in [0.2, 0.25) is 0 Å². The Morgan fingerprint density at radius 1 is 0.394 bits per heavy atom. The summed E-state index contributed by atoms with van der Waals surface area (Å²) in [5.74, 6) is -1.75. The van der Waals surface area contributed by atoms with E-state index in [1.54, 1.807) is 76.2 Å². The molecule has 0 aliphatic rings. The molecule has 4 rings (SSSR count). The van der Waals surface area contributed by atoms with Crippen LogP contribution in [-0.4, -0.2) is 6.15 Å². The lowest BCUT2D eigenvalue weighted by atomic mass is 9.13. The zero-order chi connectivity index (χ0) is 23.9. The van der Waals surface area contributed by atoms with Crippen molar-refractivity contribution in [2.75, 3.05) is 0 Å². The van der Waals surface area contributed by atoms with Crippen LogP contribution in [0.1, 0.15) is 22.3 Å². The van der Waals surface area contributed by atoms with Crippen LogP contribution in [0, 0.1) is 51.0 Å². The van der Waals surface area contributed by atoms with E-state index in [4.69, 9.17) is 0 Å². The number of hydrogen-bond donors (Lipinski definition) is 0. The van der Waals surface area contributed by atoms with Crippen molar-refractivity contribution in [2.24, 2.45) is 0 Å². The highest BCUT2D eigenvalue weighted by molar-refractivity contribution is 7.19. The lowest BCUT2D eigenvalue weighted by Crippen LogP contribution is -2.75. The zero-order valence-corrected chi connectivity index (χ0v) is 19.0. The smallest absolute Gasteiger partial charge is 0.123 e. The molecule has 4 aromatic rings. The van der Waals surface area contributed by atoms with E-state index < -0.39 is 29.4 Å². The first-order valence-corrected chi connectivity index (χ1v) is 10.9. The van der Waals surface area contributed by atoms with Crippen LogP contribution < -0.4 is 21.9 Å². The molecule has 168 valence electrons. The number of hydrogen-bond acceptors (Lipinski definition) is 0. The van der Waals surface area contributed by atoms with E-state index in [0.29, 0.717) is 44.1 Å². The first-order valence-electron chi connectivity index (χ1n) is 10.9. The monoisotopic (exact) mass is 447 g/mol. The molecule has 0 nitrogen and oxygen atoms in total. The van der Waals surface area contributed by atoms with Gasteiger partial charge in [-0.15, -0.1) is 0 Å². The molecule has 4 aromatic carbocycles. The van der Waals surface area contributed by atoms with E-state index in [1.165, 1.54) is 24.3 Å². The van der Waals surface area contributed by atoms with Gasteiger partial charge in [0.05, 0.1) is 0 Å². The van der Waals surface area contributed by atoms with Gasteiger partial charge in [0.15, 0.2) is 0 Å². The molecule has 0 heterocycles. The molecule has 0 saturated carbocycles. The highest BCUT2D eigenvalue weighted by atomic mass is 19.1. The Kier molecular flexibility index (Phi) is 5.92. The Bertz CT molecular complexity index is 1150. The van der Waals surface area contributed by atoms with Crippen molar-refractivity contribution >= 4 is 28.0 Å². The number of halogens is 4. The van der Waals surface area contributed by atoms with Gasteiger partial charge >= 0.3 is 0 Å². The van der Waals surface area contributed by atoms with E-state index in [0.717, 1.165) is 0 Å². The third-order valence-electron chi connectivity index (χ3n) is 6.78. The van der Waals surface area contributed by atoms with Crippen molar-refractivity contribution in [3.63, 3.8) is 0 Å². The standard InChI is InChI=1S/C28H24BF4/c1-17-5-9-21(13-25(17)30)29(22-10-6-18(2)26(31)14-22,23-11-7-19(3)27(32)15-23)24-12-8-20(4)28(33)16-24/h5-16H,1-4H3/q-1. The largest absolute Gasteiger partial charge is 0.207 e. The van der Waals surface area contributed by atoms with Gasteiger partial charge in [0, 0.05) is 0 Å². The fourth-order valence-electron chi connectivity index (χ4n) is 4.67. The molecule has 0 spiro atoms. The minimum absolute atomic E-state index is 0.438. The van der Waals surface area contributed by atoms with Crippen molar-refractivity contribution in [3.8, 4) is 0 Å². The normalized spacial score (nSPS) is 11.6. The number of benzene rings is 4. The molecular weight excluding hydrogens is 423 g/mol. The van der Waals surface area contributed by atoms with Gasteiger partial charge in [-0.3, -0.25) is 0 Å². The van der Waals surface area contributed by atoms with Crippen LogP contribution >= 0.6 is 0 Å². The Morgan fingerprint density at radius 3 is 0.788 bits per heavy atom. The quantitative estimate of drug-likeness (QED) is 0.310. The van der Waals surface area contributed by atoms with Crippen molar-refractivity contribution in [2.45, 2.75) is 27.7 Å². The van der Waals surface area contributed by atoms with Crippen molar-refractivity contribution < 1.29 is 17.6 Å². The van der Waals surface area contributed by atoms with Crippen LogP contribution in [0.4, 0.5) is 17.6 Å². The average molecular weight is 447 g/mol. The summed E-state index contributed by atoms with van der Waals surface area (Å²) < 4.78 is 59.5. The van der Waals surface area contributed by atoms with Crippen molar-refractivity contribution in [1.82, 2.24) is 0 Å². The Labute approximate surface area is 191 Å². The molecule has 0 amide bonds. The minimum atomic E-state index is -2.31. The summed E-state index contributed by atoms with van der Waals surface area (Å²) in [5, 5.41) is 0. The topological polar surface area (TPSA) is 0 Å². The van der Waals surface area contributed by atoms with E-state index in [9.17, 15) is 17.6 Å². The summed E-state index contributed by atoms with van der Waals surface area (Å²) in [6.07, 6.45) is -2.31. The van der Waals surface area contributed by atoms with Gasteiger partial charge in [-0.05, 0) is 49.9 Å². The molecule has 33 heavy (non-hydrogen) atoms. The zero-order valence-electron chi connectivity index (χ0n) is 19.0. The second kappa shape index (κ2) is 8.55. The molecule has 0 N–H and O–H groups in total. The summed E-state index contributed by atoms with van der Waals surface area (Å²) in [6.45, 7) is 6.60. The van der Waals surface area contributed by atoms with Crippen LogP contribution in [0.2, 0.25) is 0 Å². The molecule has 5 heteroatoms. The van der Waals surface area contributed by atoms with Crippen LogP contribution in [0.25, 0.3) is 0 Å². The lowest BCUT2D eigenvalue weighted by Gasteiger charge is -2.44. The van der Waals surface area contributed by atoms with Gasteiger partial charge in [-0.2, -0.15) is 21.9 Å². The maximum atomic E-state index is 14.9. The van der Waals surface area contributed by atoms with Crippen LogP contribution in [0.15, 0.2) is 72.8 Å². The first kappa shape index (κ1) is 22.8. The van der Waals surface area contributed by atoms with Crippen LogP contribution in [0.3, 0.4) is 0 Å². The predicted octanol–water partition coefficient (Wildman–Crippen LogP) is 4.85. The predicted molar refractivity (Wildman–Crippen MR) is 129 cm³/mol. The molecule has 0 aromatic heterocycles. The molecule has 0 aliphatic carbocycles. The third kappa shape index (κ3) is 3.86. The first-order chi connectivity index (χ1) is 15.6. The number of aryl methyl sites for hydroxylation is 4. The van der Waals surface area contributed by atoms with E-state index in [2.05, 4.69) is 0 Å². The summed E-state index contributed by atoms with van der Waals surface area (Å²) in [7, 11) is 0. The highest BCUT2D eigenvalue weighted by Gasteiger charge is 2.33. The maximum Gasteiger partial charge on any atom is 0.123 e. The third-order valence-corrected chi connectivity index (χ3v) is 6.78. The van der Waals surface area contributed by atoms with Gasteiger partial charge < -0.3 is 0 Å². The minimum Gasteiger partial charge on any atom is -0.207 e. The molecule has 0 atom stereocenters. The maximum absolute atomic E-state index is 14.9. The Morgan fingerprint density at radius 2 is 0.606 bits per heavy atom. The molecule has 0 unspecified atom stereocenters. The van der Waals surface area contributed by atoms with Gasteiger partial charge in [0.25, 0.3) is 0 Å². The summed E-state index contributed by atoms with van der Waals surface area (Å²) in [5.41, 5.74) is 3.82. The second-order valence-corrected chi connectivity index (χ2v) is 8.90. The fraction of sp³-hybridized carbons (Fsp3) is 0.143. The van der Waals surface area contributed by atoms with Gasteiger partial charge in [-0.1, -0.05) is 72.8 Å². The summed E-state index contributed by atoms with van der Waals surface area (Å²) in [4.78, 5) is 0. The summed E-state index contributed by atoms with van der Waals surface area (Å²) in [6, 6.07) is 19.1. The molecule has 0 bridgehead atoms. The van der Waals surface area contributed by atoms with E-state index in [1.807, 2.05) is 0 Å². The number of rotatable bonds is 4. The highest BCUT2D eigenvalue weighted by Crippen LogP contribution is 2.17. The van der Waals surface area contributed by atoms with Crippen molar-refractivity contribution in [1.29, 1.82) is 0 Å². The van der Waals surface area contributed by atoms with Gasteiger partial charge in [-0.25, -0.2) is 17.6 Å². The van der Waals surface area contributed by atoms with E-state index in [-0.39, 0.29) is 0 Å². The van der Waals surface area contributed by atoms with Crippen molar-refractivity contribution in [3.05, 3.63) is 118 Å². The van der Waals surface area contributed by atoms with Crippen LogP contribution in [-0.2, 0) is 0 Å². The Hall–Kier alpha value is -3.34. The molecule has 0 radical (unpaired) electrons. The lowest BCUT2D eigenvalue weighted by molar-refractivity contribution is 0.619. The SMILES string of the molecule is Cc1ccc([B-](c2ccc(C)c(F)c2)(c2ccc(C)c(F)c2)c2ccc(C)c(F)c2)cc1F. The molecule has 0 aliphatic heterocycles. The fourth-order valence-corrected chi connectivity index (χ4v) is 4.67. The molecular formula is C28H24BF4-. The molecule has 0 saturated heterocycles.